The fraction of sp³-hybridized carbons (Fsp3) is 0.222. The van der Waals surface area contributed by atoms with Crippen LogP contribution < -0.4 is 10.2 Å². The van der Waals surface area contributed by atoms with Crippen molar-refractivity contribution < 1.29 is 4.79 Å². The molecule has 0 bridgehead atoms. The lowest BCUT2D eigenvalue weighted by molar-refractivity contribution is -0.113. The minimum atomic E-state index is -0.103. The van der Waals surface area contributed by atoms with Gasteiger partial charge in [0, 0.05) is 40.7 Å². The van der Waals surface area contributed by atoms with Crippen LogP contribution in [0, 0.1) is 6.92 Å². The van der Waals surface area contributed by atoms with E-state index in [1.807, 2.05) is 84.3 Å². The van der Waals surface area contributed by atoms with Crippen molar-refractivity contribution in [2.45, 2.75) is 25.9 Å². The first kappa shape index (κ1) is 24.8. The number of hydrogen-bond acceptors (Lipinski definition) is 5. The van der Waals surface area contributed by atoms with E-state index in [9.17, 15) is 4.79 Å². The largest absolute Gasteiger partial charge is 0.372 e. The van der Waals surface area contributed by atoms with E-state index in [0.717, 1.165) is 41.3 Å². The highest BCUT2D eigenvalue weighted by atomic mass is 35.5. The zero-order valence-corrected chi connectivity index (χ0v) is 21.6. The van der Waals surface area contributed by atoms with Gasteiger partial charge in [0.1, 0.15) is 0 Å². The van der Waals surface area contributed by atoms with Crippen molar-refractivity contribution in [3.8, 4) is 17.1 Å². The van der Waals surface area contributed by atoms with E-state index >= 15 is 0 Å². The topological polar surface area (TPSA) is 63.1 Å². The Morgan fingerprint density at radius 1 is 1.00 bits per heavy atom. The van der Waals surface area contributed by atoms with Gasteiger partial charge in [-0.2, -0.15) is 0 Å². The Hall–Kier alpha value is -3.29. The fourth-order valence-electron chi connectivity index (χ4n) is 3.78. The first-order chi connectivity index (χ1) is 17.0. The summed E-state index contributed by atoms with van der Waals surface area (Å²) in [6.45, 7) is 8.19. The summed E-state index contributed by atoms with van der Waals surface area (Å²) in [6.07, 6.45) is 0. The van der Waals surface area contributed by atoms with Crippen LogP contribution in [0.3, 0.4) is 0 Å². The van der Waals surface area contributed by atoms with Crippen molar-refractivity contribution in [2.75, 3.05) is 29.1 Å². The third-order valence-electron chi connectivity index (χ3n) is 5.62. The van der Waals surface area contributed by atoms with E-state index in [1.54, 1.807) is 0 Å². The van der Waals surface area contributed by atoms with Crippen molar-refractivity contribution in [2.24, 2.45) is 0 Å². The predicted octanol–water partition coefficient (Wildman–Crippen LogP) is 6.47. The number of rotatable bonds is 9. The maximum atomic E-state index is 12.7. The Morgan fingerprint density at radius 2 is 1.71 bits per heavy atom. The molecule has 0 spiro atoms. The molecular formula is C27H28ClN5OS. The highest BCUT2D eigenvalue weighted by Crippen LogP contribution is 2.29. The van der Waals surface area contributed by atoms with Gasteiger partial charge < -0.3 is 10.2 Å². The summed E-state index contributed by atoms with van der Waals surface area (Å²) in [7, 11) is 0. The molecule has 35 heavy (non-hydrogen) atoms. The minimum Gasteiger partial charge on any atom is -0.372 e. The van der Waals surface area contributed by atoms with Gasteiger partial charge >= 0.3 is 0 Å². The number of benzene rings is 3. The second kappa shape index (κ2) is 11.4. The number of carbonyl (C=O) groups is 1. The van der Waals surface area contributed by atoms with Crippen LogP contribution in [0.4, 0.5) is 11.4 Å². The van der Waals surface area contributed by atoms with Gasteiger partial charge in [0.15, 0.2) is 11.0 Å². The van der Waals surface area contributed by atoms with Crippen molar-refractivity contribution in [3.63, 3.8) is 0 Å². The monoisotopic (exact) mass is 505 g/mol. The Bertz CT molecular complexity index is 1280. The van der Waals surface area contributed by atoms with Crippen LogP contribution in [0.5, 0.6) is 0 Å². The lowest BCUT2D eigenvalue weighted by Crippen LogP contribution is -2.21. The molecule has 0 aliphatic rings. The van der Waals surface area contributed by atoms with Gasteiger partial charge in [-0.3, -0.25) is 9.36 Å². The maximum Gasteiger partial charge on any atom is 0.234 e. The van der Waals surface area contributed by atoms with E-state index in [4.69, 9.17) is 11.6 Å². The van der Waals surface area contributed by atoms with Gasteiger partial charge in [0.25, 0.3) is 0 Å². The Morgan fingerprint density at radius 3 is 2.37 bits per heavy atom. The second-order valence-electron chi connectivity index (χ2n) is 8.04. The first-order valence-corrected chi connectivity index (χ1v) is 12.9. The number of aryl methyl sites for hydroxylation is 1. The average Bonchev–Trinajstić information content (AvgIpc) is 3.29. The lowest BCUT2D eigenvalue weighted by atomic mass is 10.2. The molecule has 1 heterocycles. The number of thioether (sulfide) groups is 1. The van der Waals surface area contributed by atoms with Crippen LogP contribution >= 0.6 is 23.4 Å². The van der Waals surface area contributed by atoms with Crippen molar-refractivity contribution in [1.82, 2.24) is 14.8 Å². The van der Waals surface area contributed by atoms with Crippen molar-refractivity contribution >= 4 is 40.6 Å². The van der Waals surface area contributed by atoms with Gasteiger partial charge in [0.05, 0.1) is 5.75 Å². The fourth-order valence-corrected chi connectivity index (χ4v) is 4.72. The normalized spacial score (nSPS) is 10.9. The van der Waals surface area contributed by atoms with E-state index in [-0.39, 0.29) is 11.7 Å². The Kier molecular flexibility index (Phi) is 8.10. The van der Waals surface area contributed by atoms with Crippen LogP contribution in [0.1, 0.15) is 19.4 Å². The van der Waals surface area contributed by atoms with Crippen LogP contribution in [-0.2, 0) is 4.79 Å². The van der Waals surface area contributed by atoms with Gasteiger partial charge in [-0.15, -0.1) is 10.2 Å². The van der Waals surface area contributed by atoms with E-state index < -0.39 is 0 Å². The molecule has 1 amide bonds. The van der Waals surface area contributed by atoms with E-state index in [0.29, 0.717) is 16.0 Å². The second-order valence-corrected chi connectivity index (χ2v) is 9.42. The molecule has 0 radical (unpaired) electrons. The maximum absolute atomic E-state index is 12.7. The highest BCUT2D eigenvalue weighted by molar-refractivity contribution is 7.99. The van der Waals surface area contributed by atoms with Crippen LogP contribution in [-0.4, -0.2) is 39.5 Å². The van der Waals surface area contributed by atoms with Crippen molar-refractivity contribution in [1.29, 1.82) is 0 Å². The lowest BCUT2D eigenvalue weighted by Gasteiger charge is -2.21. The first-order valence-electron chi connectivity index (χ1n) is 11.5. The molecular weight excluding hydrogens is 478 g/mol. The van der Waals surface area contributed by atoms with Gasteiger partial charge in [-0.25, -0.2) is 0 Å². The molecule has 0 atom stereocenters. The molecule has 8 heteroatoms. The summed E-state index contributed by atoms with van der Waals surface area (Å²) in [5, 5.41) is 13.1. The molecule has 0 aliphatic heterocycles. The number of halogens is 1. The van der Waals surface area contributed by atoms with Gasteiger partial charge in [-0.1, -0.05) is 53.2 Å². The molecule has 0 fully saturated rings. The standard InChI is InChI=1S/C27H28ClN5OS/c1-4-32(5-2)23-15-11-22(12-16-23)29-25(34)18-35-27-31-30-26(20-7-6-8-21(28)17-20)33(27)24-13-9-19(3)10-14-24/h6-17H,4-5,18H2,1-3H3,(H,29,34). The number of aromatic nitrogens is 3. The van der Waals surface area contributed by atoms with Crippen molar-refractivity contribution in [3.05, 3.63) is 83.4 Å². The van der Waals surface area contributed by atoms with Crippen LogP contribution in [0.15, 0.2) is 78.0 Å². The smallest absolute Gasteiger partial charge is 0.234 e. The quantitative estimate of drug-likeness (QED) is 0.264. The number of hydrogen-bond donors (Lipinski definition) is 1. The summed E-state index contributed by atoms with van der Waals surface area (Å²) >= 11 is 7.57. The molecule has 4 rings (SSSR count). The van der Waals surface area contributed by atoms with Crippen LogP contribution in [0.25, 0.3) is 17.1 Å². The van der Waals surface area contributed by atoms with E-state index in [1.165, 1.54) is 11.8 Å². The zero-order valence-electron chi connectivity index (χ0n) is 20.0. The molecule has 180 valence electrons. The summed E-state index contributed by atoms with van der Waals surface area (Å²) < 4.78 is 1.96. The summed E-state index contributed by atoms with van der Waals surface area (Å²) in [5.74, 6) is 0.775. The molecule has 1 N–H and O–H groups in total. The Labute approximate surface area is 215 Å². The molecule has 0 unspecified atom stereocenters. The number of carbonyl (C=O) groups excluding carboxylic acids is 1. The van der Waals surface area contributed by atoms with Crippen LogP contribution in [0.2, 0.25) is 5.02 Å². The predicted molar refractivity (Wildman–Crippen MR) is 146 cm³/mol. The zero-order chi connectivity index (χ0) is 24.8. The highest BCUT2D eigenvalue weighted by Gasteiger charge is 2.18. The number of nitrogens with zero attached hydrogens (tertiary/aromatic N) is 4. The number of nitrogens with one attached hydrogen (secondary N) is 1. The summed E-state index contributed by atoms with van der Waals surface area (Å²) in [4.78, 5) is 15.0. The Balaban J connectivity index is 1.52. The third-order valence-corrected chi connectivity index (χ3v) is 6.78. The molecule has 0 saturated carbocycles. The summed E-state index contributed by atoms with van der Waals surface area (Å²) in [5.41, 5.74) is 4.85. The number of amides is 1. The molecule has 4 aromatic rings. The van der Waals surface area contributed by atoms with Gasteiger partial charge in [0.2, 0.25) is 5.91 Å². The molecule has 0 aliphatic carbocycles. The SMILES string of the molecule is CCN(CC)c1ccc(NC(=O)CSc2nnc(-c3cccc(Cl)c3)n2-c2ccc(C)cc2)cc1. The summed E-state index contributed by atoms with van der Waals surface area (Å²) in [6, 6.07) is 23.6. The third kappa shape index (κ3) is 6.05. The molecule has 0 saturated heterocycles. The number of anilines is 2. The minimum absolute atomic E-state index is 0.103. The average molecular weight is 506 g/mol. The molecule has 3 aromatic carbocycles. The molecule has 1 aromatic heterocycles. The van der Waals surface area contributed by atoms with Gasteiger partial charge in [-0.05, 0) is 69.3 Å². The molecule has 6 nitrogen and oxygen atoms in total. The van der Waals surface area contributed by atoms with E-state index in [2.05, 4.69) is 34.3 Å².